The fourth-order valence-electron chi connectivity index (χ4n) is 2.90. The number of hydrogen-bond acceptors (Lipinski definition) is 2. The van der Waals surface area contributed by atoms with E-state index in [1.54, 1.807) is 0 Å². The van der Waals surface area contributed by atoms with Gasteiger partial charge in [-0.25, -0.2) is 0 Å². The SMILES string of the molecule is CCN1CC(CC)(CC)CC1C(=O)C(C)C. The van der Waals surface area contributed by atoms with Gasteiger partial charge in [0.1, 0.15) is 0 Å². The molecular weight excluding hydrogens is 198 g/mol. The van der Waals surface area contributed by atoms with E-state index in [0.29, 0.717) is 11.2 Å². The number of likely N-dealkylation sites (tertiary alicyclic amines) is 1. The minimum Gasteiger partial charge on any atom is -0.298 e. The fourth-order valence-corrected chi connectivity index (χ4v) is 2.90. The molecule has 1 heterocycles. The van der Waals surface area contributed by atoms with E-state index < -0.39 is 0 Å². The number of likely N-dealkylation sites (N-methyl/N-ethyl adjacent to an activating group) is 1. The van der Waals surface area contributed by atoms with Crippen LogP contribution in [0.3, 0.4) is 0 Å². The third-order valence-corrected chi connectivity index (χ3v) is 4.41. The average Bonchev–Trinajstić information content (AvgIpc) is 2.67. The van der Waals surface area contributed by atoms with Crippen LogP contribution in [0.2, 0.25) is 0 Å². The van der Waals surface area contributed by atoms with Crippen LogP contribution in [0.4, 0.5) is 0 Å². The Kier molecular flexibility index (Phi) is 4.54. The summed E-state index contributed by atoms with van der Waals surface area (Å²) in [7, 11) is 0. The van der Waals surface area contributed by atoms with Crippen molar-refractivity contribution in [2.24, 2.45) is 11.3 Å². The first-order valence-corrected chi connectivity index (χ1v) is 6.77. The molecule has 1 aliphatic rings. The highest BCUT2D eigenvalue weighted by Crippen LogP contribution is 2.41. The number of rotatable bonds is 5. The van der Waals surface area contributed by atoms with Gasteiger partial charge in [-0.05, 0) is 31.2 Å². The summed E-state index contributed by atoms with van der Waals surface area (Å²) in [6.07, 6.45) is 3.47. The lowest BCUT2D eigenvalue weighted by Gasteiger charge is -2.25. The van der Waals surface area contributed by atoms with Gasteiger partial charge in [0.15, 0.2) is 5.78 Å². The fraction of sp³-hybridized carbons (Fsp3) is 0.929. The van der Waals surface area contributed by atoms with Crippen LogP contribution in [0.25, 0.3) is 0 Å². The molecule has 1 atom stereocenters. The molecule has 0 aliphatic carbocycles. The average molecular weight is 225 g/mol. The topological polar surface area (TPSA) is 20.3 Å². The molecule has 1 fully saturated rings. The van der Waals surface area contributed by atoms with E-state index in [2.05, 4.69) is 25.7 Å². The van der Waals surface area contributed by atoms with Gasteiger partial charge in [-0.3, -0.25) is 9.69 Å². The zero-order chi connectivity index (χ0) is 12.3. The normalized spacial score (nSPS) is 25.2. The molecule has 1 unspecified atom stereocenters. The van der Waals surface area contributed by atoms with Crippen molar-refractivity contribution in [2.45, 2.75) is 59.9 Å². The number of nitrogens with zero attached hydrogens (tertiary/aromatic N) is 1. The number of ketones is 1. The lowest BCUT2D eigenvalue weighted by molar-refractivity contribution is -0.126. The van der Waals surface area contributed by atoms with E-state index in [4.69, 9.17) is 0 Å². The van der Waals surface area contributed by atoms with Gasteiger partial charge < -0.3 is 0 Å². The van der Waals surface area contributed by atoms with Crippen molar-refractivity contribution in [3.8, 4) is 0 Å². The predicted molar refractivity (Wildman–Crippen MR) is 68.5 cm³/mol. The Hall–Kier alpha value is -0.370. The molecule has 16 heavy (non-hydrogen) atoms. The Morgan fingerprint density at radius 3 is 2.25 bits per heavy atom. The summed E-state index contributed by atoms with van der Waals surface area (Å²) in [5.41, 5.74) is 0.394. The van der Waals surface area contributed by atoms with E-state index in [0.717, 1.165) is 19.5 Å². The second-order valence-electron chi connectivity index (χ2n) is 5.55. The van der Waals surface area contributed by atoms with Gasteiger partial charge in [0.05, 0.1) is 6.04 Å². The third-order valence-electron chi connectivity index (χ3n) is 4.41. The summed E-state index contributed by atoms with van der Waals surface area (Å²) < 4.78 is 0. The molecule has 0 bridgehead atoms. The second-order valence-corrected chi connectivity index (χ2v) is 5.55. The largest absolute Gasteiger partial charge is 0.298 e. The Bertz CT molecular complexity index is 243. The quantitative estimate of drug-likeness (QED) is 0.716. The summed E-state index contributed by atoms with van der Waals surface area (Å²) >= 11 is 0. The van der Waals surface area contributed by atoms with Gasteiger partial charge >= 0.3 is 0 Å². The first-order valence-electron chi connectivity index (χ1n) is 6.77. The molecule has 1 aliphatic heterocycles. The zero-order valence-corrected chi connectivity index (χ0v) is 11.5. The summed E-state index contributed by atoms with van der Waals surface area (Å²) in [6.45, 7) is 12.9. The predicted octanol–water partition coefficient (Wildman–Crippen LogP) is 3.11. The maximum absolute atomic E-state index is 12.2. The van der Waals surface area contributed by atoms with Crippen molar-refractivity contribution < 1.29 is 4.79 Å². The van der Waals surface area contributed by atoms with E-state index >= 15 is 0 Å². The molecule has 1 rings (SSSR count). The van der Waals surface area contributed by atoms with Crippen LogP contribution in [-0.2, 0) is 4.79 Å². The standard InChI is InChI=1S/C14H27NO/c1-6-14(7-2)9-12(13(16)11(4)5)15(8-3)10-14/h11-12H,6-10H2,1-5H3. The van der Waals surface area contributed by atoms with E-state index in [1.165, 1.54) is 12.8 Å². The molecule has 0 amide bonds. The highest BCUT2D eigenvalue weighted by atomic mass is 16.1. The van der Waals surface area contributed by atoms with Crippen LogP contribution < -0.4 is 0 Å². The van der Waals surface area contributed by atoms with Gasteiger partial charge in [-0.15, -0.1) is 0 Å². The monoisotopic (exact) mass is 225 g/mol. The lowest BCUT2D eigenvalue weighted by Crippen LogP contribution is -2.38. The maximum Gasteiger partial charge on any atom is 0.152 e. The molecule has 0 radical (unpaired) electrons. The lowest BCUT2D eigenvalue weighted by atomic mass is 9.79. The molecule has 0 aromatic rings. The van der Waals surface area contributed by atoms with Crippen LogP contribution in [0.5, 0.6) is 0 Å². The summed E-state index contributed by atoms with van der Waals surface area (Å²) in [5, 5.41) is 0. The van der Waals surface area contributed by atoms with Crippen LogP contribution in [0, 0.1) is 11.3 Å². The van der Waals surface area contributed by atoms with Crippen molar-refractivity contribution in [2.75, 3.05) is 13.1 Å². The number of Topliss-reactive ketones (excluding diaryl/α,β-unsaturated/α-hetero) is 1. The van der Waals surface area contributed by atoms with E-state index in [1.807, 2.05) is 13.8 Å². The van der Waals surface area contributed by atoms with E-state index in [9.17, 15) is 4.79 Å². The molecule has 0 aromatic heterocycles. The van der Waals surface area contributed by atoms with Crippen LogP contribution in [-0.4, -0.2) is 29.8 Å². The summed E-state index contributed by atoms with van der Waals surface area (Å²) in [6, 6.07) is 0.185. The molecule has 0 aromatic carbocycles. The van der Waals surface area contributed by atoms with Crippen LogP contribution in [0.15, 0.2) is 0 Å². The summed E-state index contributed by atoms with van der Waals surface area (Å²) in [4.78, 5) is 14.6. The Balaban J connectivity index is 2.82. The third kappa shape index (κ3) is 2.48. The van der Waals surface area contributed by atoms with Gasteiger partial charge in [-0.1, -0.05) is 34.6 Å². The highest BCUT2D eigenvalue weighted by Gasteiger charge is 2.44. The Labute approximate surface area is 100 Å². The highest BCUT2D eigenvalue weighted by molar-refractivity contribution is 5.86. The zero-order valence-electron chi connectivity index (χ0n) is 11.5. The molecule has 1 saturated heterocycles. The molecular formula is C14H27NO. The Morgan fingerprint density at radius 2 is 1.88 bits per heavy atom. The minimum absolute atomic E-state index is 0.170. The van der Waals surface area contributed by atoms with Crippen molar-refractivity contribution in [3.63, 3.8) is 0 Å². The van der Waals surface area contributed by atoms with E-state index in [-0.39, 0.29) is 12.0 Å². The Morgan fingerprint density at radius 1 is 1.31 bits per heavy atom. The summed E-state index contributed by atoms with van der Waals surface area (Å²) in [5.74, 6) is 0.606. The van der Waals surface area contributed by atoms with Gasteiger partial charge in [0, 0.05) is 12.5 Å². The van der Waals surface area contributed by atoms with Gasteiger partial charge in [0.25, 0.3) is 0 Å². The van der Waals surface area contributed by atoms with Crippen molar-refractivity contribution in [1.82, 2.24) is 4.90 Å². The first-order chi connectivity index (χ1) is 7.49. The van der Waals surface area contributed by atoms with Crippen molar-refractivity contribution in [3.05, 3.63) is 0 Å². The number of hydrogen-bond donors (Lipinski definition) is 0. The molecule has 0 N–H and O–H groups in total. The van der Waals surface area contributed by atoms with Crippen molar-refractivity contribution >= 4 is 5.78 Å². The van der Waals surface area contributed by atoms with Crippen LogP contribution in [0.1, 0.15) is 53.9 Å². The molecule has 94 valence electrons. The number of carbonyl (C=O) groups excluding carboxylic acids is 1. The second kappa shape index (κ2) is 5.31. The first kappa shape index (κ1) is 13.7. The van der Waals surface area contributed by atoms with Gasteiger partial charge in [0.2, 0.25) is 0 Å². The molecule has 0 spiro atoms. The minimum atomic E-state index is 0.170. The maximum atomic E-state index is 12.2. The molecule has 2 heteroatoms. The molecule has 2 nitrogen and oxygen atoms in total. The van der Waals surface area contributed by atoms with Crippen LogP contribution >= 0.6 is 0 Å². The van der Waals surface area contributed by atoms with Crippen molar-refractivity contribution in [1.29, 1.82) is 0 Å². The van der Waals surface area contributed by atoms with Gasteiger partial charge in [-0.2, -0.15) is 0 Å². The molecule has 0 saturated carbocycles. The smallest absolute Gasteiger partial charge is 0.152 e. The number of carbonyl (C=O) groups is 1.